The molecule has 2 heterocycles. The lowest BCUT2D eigenvalue weighted by Crippen LogP contribution is -2.50. The normalized spacial score (nSPS) is 27.0. The van der Waals surface area contributed by atoms with E-state index >= 15 is 0 Å². The Kier molecular flexibility index (Phi) is 8.00. The van der Waals surface area contributed by atoms with E-state index in [9.17, 15) is 4.79 Å². The van der Waals surface area contributed by atoms with Crippen molar-refractivity contribution < 1.29 is 4.79 Å². The number of guanidine groups is 1. The molecule has 3 rings (SSSR count). The molecule has 28 heavy (non-hydrogen) atoms. The molecule has 3 aliphatic rings. The summed E-state index contributed by atoms with van der Waals surface area (Å²) in [7, 11) is 1.84. The highest BCUT2D eigenvalue weighted by Crippen LogP contribution is 2.26. The third-order valence-electron chi connectivity index (χ3n) is 7.03. The minimum absolute atomic E-state index is 0.276. The maximum Gasteiger partial charge on any atom is 0.225 e. The van der Waals surface area contributed by atoms with E-state index in [1.54, 1.807) is 0 Å². The van der Waals surface area contributed by atoms with Crippen molar-refractivity contribution in [1.29, 1.82) is 0 Å². The molecule has 0 aromatic heterocycles. The van der Waals surface area contributed by atoms with Gasteiger partial charge < -0.3 is 15.5 Å². The van der Waals surface area contributed by atoms with E-state index in [-0.39, 0.29) is 5.92 Å². The van der Waals surface area contributed by atoms with Crippen LogP contribution in [0.5, 0.6) is 0 Å². The molecular weight excluding hydrogens is 350 g/mol. The van der Waals surface area contributed by atoms with E-state index in [0.717, 1.165) is 50.8 Å². The maximum atomic E-state index is 12.8. The number of carbonyl (C=O) groups excluding carboxylic acids is 1. The van der Waals surface area contributed by atoms with Gasteiger partial charge in [0.1, 0.15) is 0 Å². The average molecular weight is 392 g/mol. The molecule has 6 heteroatoms. The summed E-state index contributed by atoms with van der Waals surface area (Å²) in [5.41, 5.74) is 0. The standard InChI is InChI=1S/C22H41N5O/c1-17-9-12-26(13-10-17)18(2)15-24-22(23-3)25-20-11-14-27(16-20)21(28)19-7-5-4-6-8-19/h17-20H,4-16H2,1-3H3,(H2,23,24,25). The van der Waals surface area contributed by atoms with Crippen LogP contribution in [-0.2, 0) is 4.79 Å². The summed E-state index contributed by atoms with van der Waals surface area (Å²) in [6.07, 6.45) is 9.54. The van der Waals surface area contributed by atoms with Gasteiger partial charge in [-0.05, 0) is 58.0 Å². The van der Waals surface area contributed by atoms with Crippen LogP contribution in [0.4, 0.5) is 0 Å². The van der Waals surface area contributed by atoms with Crippen molar-refractivity contribution in [2.75, 3.05) is 39.8 Å². The topological polar surface area (TPSA) is 60.0 Å². The first kappa shape index (κ1) is 21.4. The lowest BCUT2D eigenvalue weighted by Gasteiger charge is -2.35. The Hall–Kier alpha value is -1.30. The molecule has 2 N–H and O–H groups in total. The molecule has 1 saturated carbocycles. The Morgan fingerprint density at radius 3 is 2.46 bits per heavy atom. The molecule has 3 fully saturated rings. The molecule has 2 atom stereocenters. The fourth-order valence-corrected chi connectivity index (χ4v) is 4.92. The number of aliphatic imine (C=N–C) groups is 1. The number of carbonyl (C=O) groups is 1. The number of hydrogen-bond acceptors (Lipinski definition) is 3. The van der Waals surface area contributed by atoms with E-state index in [4.69, 9.17) is 0 Å². The van der Waals surface area contributed by atoms with Crippen LogP contribution < -0.4 is 10.6 Å². The Balaban J connectivity index is 1.39. The summed E-state index contributed by atoms with van der Waals surface area (Å²) in [6, 6.07) is 0.823. The highest BCUT2D eigenvalue weighted by Gasteiger charge is 2.32. The zero-order chi connectivity index (χ0) is 19.9. The first-order valence-electron chi connectivity index (χ1n) is 11.6. The molecule has 2 unspecified atom stereocenters. The maximum absolute atomic E-state index is 12.8. The van der Waals surface area contributed by atoms with Gasteiger partial charge in [-0.1, -0.05) is 26.2 Å². The third kappa shape index (κ3) is 5.85. The number of nitrogens with zero attached hydrogens (tertiary/aromatic N) is 3. The van der Waals surface area contributed by atoms with Gasteiger partial charge in [0.25, 0.3) is 0 Å². The summed E-state index contributed by atoms with van der Waals surface area (Å²) in [6.45, 7) is 9.67. The zero-order valence-electron chi connectivity index (χ0n) is 18.3. The fraction of sp³-hybridized carbons (Fsp3) is 0.909. The van der Waals surface area contributed by atoms with Crippen molar-refractivity contribution in [3.63, 3.8) is 0 Å². The SMILES string of the molecule is CN=C(NCC(C)N1CCC(C)CC1)NC1CCN(C(=O)C2CCCCC2)C1. The summed E-state index contributed by atoms with van der Waals surface area (Å²) >= 11 is 0. The number of nitrogens with one attached hydrogen (secondary N) is 2. The number of rotatable bonds is 5. The van der Waals surface area contributed by atoms with Crippen molar-refractivity contribution in [3.05, 3.63) is 0 Å². The van der Waals surface area contributed by atoms with Crippen LogP contribution in [0.3, 0.4) is 0 Å². The second-order valence-electron chi connectivity index (χ2n) is 9.27. The van der Waals surface area contributed by atoms with E-state index in [2.05, 4.69) is 39.3 Å². The van der Waals surface area contributed by atoms with Crippen LogP contribution in [0, 0.1) is 11.8 Å². The molecule has 1 amide bonds. The van der Waals surface area contributed by atoms with Crippen LogP contribution in [0.2, 0.25) is 0 Å². The second kappa shape index (κ2) is 10.5. The molecule has 0 bridgehead atoms. The van der Waals surface area contributed by atoms with Gasteiger partial charge in [-0.3, -0.25) is 14.7 Å². The Morgan fingerprint density at radius 2 is 1.79 bits per heavy atom. The zero-order valence-corrected chi connectivity index (χ0v) is 18.3. The molecular formula is C22H41N5O. The lowest BCUT2D eigenvalue weighted by molar-refractivity contribution is -0.135. The molecule has 1 aliphatic carbocycles. The molecule has 0 aromatic carbocycles. The van der Waals surface area contributed by atoms with Crippen LogP contribution >= 0.6 is 0 Å². The fourth-order valence-electron chi connectivity index (χ4n) is 4.92. The molecule has 6 nitrogen and oxygen atoms in total. The van der Waals surface area contributed by atoms with Crippen molar-refractivity contribution in [1.82, 2.24) is 20.4 Å². The highest BCUT2D eigenvalue weighted by atomic mass is 16.2. The van der Waals surface area contributed by atoms with Crippen molar-refractivity contribution in [3.8, 4) is 0 Å². The first-order chi connectivity index (χ1) is 13.6. The number of piperidine rings is 1. The van der Waals surface area contributed by atoms with Crippen LogP contribution in [0.25, 0.3) is 0 Å². The summed E-state index contributed by atoms with van der Waals surface area (Å²) in [4.78, 5) is 21.8. The minimum atomic E-state index is 0.276. The summed E-state index contributed by atoms with van der Waals surface area (Å²) in [5, 5.41) is 7.05. The van der Waals surface area contributed by atoms with Gasteiger partial charge in [-0.15, -0.1) is 0 Å². The van der Waals surface area contributed by atoms with Crippen LogP contribution in [0.1, 0.15) is 65.2 Å². The highest BCUT2D eigenvalue weighted by molar-refractivity contribution is 5.81. The molecule has 0 spiro atoms. The first-order valence-corrected chi connectivity index (χ1v) is 11.6. The van der Waals surface area contributed by atoms with Gasteiger partial charge in [-0.2, -0.15) is 0 Å². The average Bonchev–Trinajstić information content (AvgIpc) is 3.20. The molecule has 2 aliphatic heterocycles. The van der Waals surface area contributed by atoms with Gasteiger partial charge in [0.15, 0.2) is 5.96 Å². The van der Waals surface area contributed by atoms with Crippen molar-refractivity contribution >= 4 is 11.9 Å². The van der Waals surface area contributed by atoms with E-state index in [1.165, 1.54) is 45.2 Å². The van der Waals surface area contributed by atoms with Gasteiger partial charge in [0.05, 0.1) is 0 Å². The smallest absolute Gasteiger partial charge is 0.225 e. The van der Waals surface area contributed by atoms with E-state index < -0.39 is 0 Å². The van der Waals surface area contributed by atoms with Crippen molar-refractivity contribution in [2.45, 2.75) is 77.3 Å². The molecule has 0 radical (unpaired) electrons. The molecule has 0 aromatic rings. The minimum Gasteiger partial charge on any atom is -0.355 e. The third-order valence-corrected chi connectivity index (χ3v) is 7.03. The quantitative estimate of drug-likeness (QED) is 0.558. The largest absolute Gasteiger partial charge is 0.355 e. The number of amides is 1. The van der Waals surface area contributed by atoms with Crippen LogP contribution in [0.15, 0.2) is 4.99 Å². The predicted octanol–water partition coefficient (Wildman–Crippen LogP) is 2.45. The molecule has 2 saturated heterocycles. The molecule has 160 valence electrons. The van der Waals surface area contributed by atoms with Crippen LogP contribution in [-0.4, -0.2) is 73.5 Å². The second-order valence-corrected chi connectivity index (χ2v) is 9.27. The van der Waals surface area contributed by atoms with Gasteiger partial charge in [0, 0.05) is 44.7 Å². The van der Waals surface area contributed by atoms with Gasteiger partial charge in [-0.25, -0.2) is 0 Å². The Morgan fingerprint density at radius 1 is 1.07 bits per heavy atom. The summed E-state index contributed by atoms with van der Waals surface area (Å²) in [5.74, 6) is 2.40. The lowest BCUT2D eigenvalue weighted by atomic mass is 9.88. The summed E-state index contributed by atoms with van der Waals surface area (Å²) < 4.78 is 0. The van der Waals surface area contributed by atoms with Gasteiger partial charge in [0.2, 0.25) is 5.91 Å². The van der Waals surface area contributed by atoms with E-state index in [0.29, 0.717) is 18.0 Å². The number of likely N-dealkylation sites (tertiary alicyclic amines) is 2. The van der Waals surface area contributed by atoms with E-state index in [1.807, 2.05) is 7.05 Å². The monoisotopic (exact) mass is 391 g/mol. The van der Waals surface area contributed by atoms with Gasteiger partial charge >= 0.3 is 0 Å². The Bertz CT molecular complexity index is 523. The van der Waals surface area contributed by atoms with Crippen molar-refractivity contribution in [2.24, 2.45) is 16.8 Å². The Labute approximate surface area is 171 Å². The predicted molar refractivity (Wildman–Crippen MR) is 115 cm³/mol. The number of hydrogen-bond donors (Lipinski definition) is 2.